The summed E-state index contributed by atoms with van der Waals surface area (Å²) in [6.45, 7) is 7.83. The predicted octanol–water partition coefficient (Wildman–Crippen LogP) is 3.75. The number of sulfone groups is 1. The van der Waals surface area contributed by atoms with Gasteiger partial charge in [-0.2, -0.15) is 0 Å². The number of aliphatic hydroxyl groups is 2. The Hall–Kier alpha value is -2.17. The summed E-state index contributed by atoms with van der Waals surface area (Å²) in [5, 5.41) is 20.8. The van der Waals surface area contributed by atoms with Crippen molar-refractivity contribution >= 4 is 9.84 Å². The molecule has 0 aliphatic carbocycles. The van der Waals surface area contributed by atoms with E-state index in [1.54, 1.807) is 24.3 Å². The van der Waals surface area contributed by atoms with Crippen LogP contribution >= 0.6 is 0 Å². The zero-order valence-corrected chi connectivity index (χ0v) is 24.1. The Labute approximate surface area is 233 Å². The molecular formula is C30H44N2O6S. The smallest absolute Gasteiger partial charge is 0.206 e. The SMILES string of the molecule is CC1CCCCN1CC(O)COc1ccc(S(=O)(=O)c2ccc(OCC(O)CN3CCCCC3C)cc2)cc1. The van der Waals surface area contributed by atoms with Gasteiger partial charge in [0.1, 0.15) is 36.9 Å². The Morgan fingerprint density at radius 3 is 1.46 bits per heavy atom. The van der Waals surface area contributed by atoms with Crippen molar-refractivity contribution in [2.75, 3.05) is 39.4 Å². The van der Waals surface area contributed by atoms with Crippen LogP contribution in [0.25, 0.3) is 0 Å². The molecule has 0 saturated carbocycles. The molecule has 4 rings (SSSR count). The van der Waals surface area contributed by atoms with Gasteiger partial charge in [0.2, 0.25) is 9.84 Å². The van der Waals surface area contributed by atoms with Crippen LogP contribution in [0.5, 0.6) is 11.5 Å². The Morgan fingerprint density at radius 1 is 0.718 bits per heavy atom. The van der Waals surface area contributed by atoms with Crippen LogP contribution in [0.2, 0.25) is 0 Å². The lowest BCUT2D eigenvalue weighted by atomic mass is 10.0. The van der Waals surface area contributed by atoms with E-state index in [2.05, 4.69) is 23.6 Å². The Bertz CT molecular complexity index is 1040. The summed E-state index contributed by atoms with van der Waals surface area (Å²) in [7, 11) is -3.71. The van der Waals surface area contributed by atoms with Gasteiger partial charge in [-0.3, -0.25) is 9.80 Å². The molecule has 0 aromatic heterocycles. The van der Waals surface area contributed by atoms with Crippen molar-refractivity contribution in [3.05, 3.63) is 48.5 Å². The number of nitrogens with zero attached hydrogens (tertiary/aromatic N) is 2. The van der Waals surface area contributed by atoms with Gasteiger partial charge in [0.15, 0.2) is 0 Å². The van der Waals surface area contributed by atoms with Crippen LogP contribution in [-0.4, -0.2) is 92.1 Å². The minimum atomic E-state index is -3.71. The van der Waals surface area contributed by atoms with E-state index in [9.17, 15) is 18.6 Å². The molecule has 39 heavy (non-hydrogen) atoms. The summed E-state index contributed by atoms with van der Waals surface area (Å²) in [5.41, 5.74) is 0. The molecule has 2 aromatic rings. The number of hydrogen-bond acceptors (Lipinski definition) is 8. The van der Waals surface area contributed by atoms with Gasteiger partial charge in [0, 0.05) is 25.2 Å². The maximum Gasteiger partial charge on any atom is 0.206 e. The molecule has 0 bridgehead atoms. The maximum atomic E-state index is 13.1. The van der Waals surface area contributed by atoms with Crippen molar-refractivity contribution in [1.82, 2.24) is 9.80 Å². The third kappa shape index (κ3) is 8.41. The topological polar surface area (TPSA) is 99.5 Å². The van der Waals surface area contributed by atoms with Crippen LogP contribution in [0.15, 0.2) is 58.3 Å². The molecule has 2 aromatic carbocycles. The Morgan fingerprint density at radius 2 is 1.10 bits per heavy atom. The second-order valence-electron chi connectivity index (χ2n) is 11.1. The van der Waals surface area contributed by atoms with Crippen LogP contribution in [0.3, 0.4) is 0 Å². The van der Waals surface area contributed by atoms with Crippen molar-refractivity contribution in [3.63, 3.8) is 0 Å². The van der Waals surface area contributed by atoms with E-state index in [4.69, 9.17) is 9.47 Å². The quantitative estimate of drug-likeness (QED) is 0.405. The van der Waals surface area contributed by atoms with E-state index < -0.39 is 22.0 Å². The highest BCUT2D eigenvalue weighted by atomic mass is 32.2. The van der Waals surface area contributed by atoms with Crippen LogP contribution in [-0.2, 0) is 9.84 Å². The molecule has 0 amide bonds. The molecule has 8 nitrogen and oxygen atoms in total. The molecule has 4 unspecified atom stereocenters. The number of likely N-dealkylation sites (tertiary alicyclic amines) is 2. The van der Waals surface area contributed by atoms with Crippen molar-refractivity contribution in [1.29, 1.82) is 0 Å². The van der Waals surface area contributed by atoms with Crippen molar-refractivity contribution < 1.29 is 28.1 Å². The van der Waals surface area contributed by atoms with E-state index in [1.807, 2.05) is 0 Å². The molecule has 0 radical (unpaired) electrons. The van der Waals surface area contributed by atoms with E-state index in [0.29, 0.717) is 36.7 Å². The van der Waals surface area contributed by atoms with Gasteiger partial charge in [-0.05, 0) is 101 Å². The fourth-order valence-electron chi connectivity index (χ4n) is 5.46. The standard InChI is InChI=1S/C30H44N2O6S/c1-23-7-3-5-17-31(23)19-25(33)21-37-27-9-13-29(14-10-27)39(35,36)30-15-11-28(12-16-30)38-22-26(34)20-32-18-6-4-8-24(32)2/h9-16,23-26,33-34H,3-8,17-22H2,1-2H3. The number of rotatable bonds is 12. The number of hydrogen-bond donors (Lipinski definition) is 2. The van der Waals surface area contributed by atoms with Crippen molar-refractivity contribution in [2.24, 2.45) is 0 Å². The Kier molecular flexibility index (Phi) is 10.7. The number of ether oxygens (including phenoxy) is 2. The summed E-state index contributed by atoms with van der Waals surface area (Å²) < 4.78 is 37.7. The van der Waals surface area contributed by atoms with Crippen LogP contribution in [0, 0.1) is 0 Å². The first-order valence-corrected chi connectivity index (χ1v) is 15.8. The molecule has 216 valence electrons. The third-order valence-corrected chi connectivity index (χ3v) is 9.71. The van der Waals surface area contributed by atoms with Gasteiger partial charge in [0.25, 0.3) is 0 Å². The highest BCUT2D eigenvalue weighted by molar-refractivity contribution is 7.91. The number of β-amino-alcohol motifs (C(OH)–C–C–N with tert-alkyl or cyclic N) is 2. The summed E-state index contributed by atoms with van der Waals surface area (Å²) in [4.78, 5) is 4.92. The van der Waals surface area contributed by atoms with Gasteiger partial charge >= 0.3 is 0 Å². The fraction of sp³-hybridized carbons (Fsp3) is 0.600. The highest BCUT2D eigenvalue weighted by Gasteiger charge is 2.23. The van der Waals surface area contributed by atoms with E-state index >= 15 is 0 Å². The predicted molar refractivity (Wildman–Crippen MR) is 151 cm³/mol. The van der Waals surface area contributed by atoms with Crippen molar-refractivity contribution in [2.45, 2.75) is 86.5 Å². The number of benzene rings is 2. The lowest BCUT2D eigenvalue weighted by molar-refractivity contribution is 0.0437. The zero-order chi connectivity index (χ0) is 27.8. The number of aliphatic hydroxyl groups excluding tert-OH is 2. The van der Waals surface area contributed by atoms with Gasteiger partial charge in [-0.25, -0.2) is 8.42 Å². The first-order valence-electron chi connectivity index (χ1n) is 14.3. The van der Waals surface area contributed by atoms with Crippen LogP contribution < -0.4 is 9.47 Å². The lowest BCUT2D eigenvalue weighted by Crippen LogP contribution is -2.43. The maximum absolute atomic E-state index is 13.1. The average Bonchev–Trinajstić information content (AvgIpc) is 2.94. The van der Waals surface area contributed by atoms with Gasteiger partial charge in [-0.15, -0.1) is 0 Å². The van der Waals surface area contributed by atoms with Gasteiger partial charge < -0.3 is 19.7 Å². The second kappa shape index (κ2) is 13.9. The molecule has 2 aliphatic heterocycles. The lowest BCUT2D eigenvalue weighted by Gasteiger charge is -2.34. The summed E-state index contributed by atoms with van der Waals surface area (Å²) in [6, 6.07) is 13.5. The zero-order valence-electron chi connectivity index (χ0n) is 23.2. The molecule has 0 spiro atoms. The molecular weight excluding hydrogens is 516 g/mol. The monoisotopic (exact) mass is 560 g/mol. The first kappa shape index (κ1) is 29.8. The molecule has 2 N–H and O–H groups in total. The summed E-state index contributed by atoms with van der Waals surface area (Å²) >= 11 is 0. The molecule has 2 aliphatic rings. The summed E-state index contributed by atoms with van der Waals surface area (Å²) in [6.07, 6.45) is 5.88. The third-order valence-electron chi connectivity index (χ3n) is 7.92. The van der Waals surface area contributed by atoms with E-state index in [1.165, 1.54) is 37.1 Å². The summed E-state index contributed by atoms with van der Waals surface area (Å²) in [5.74, 6) is 1.03. The molecule has 9 heteroatoms. The molecule has 4 atom stereocenters. The number of piperidine rings is 2. The highest BCUT2D eigenvalue weighted by Crippen LogP contribution is 2.25. The Balaban J connectivity index is 1.25. The van der Waals surface area contributed by atoms with Gasteiger partial charge in [-0.1, -0.05) is 12.8 Å². The fourth-order valence-corrected chi connectivity index (χ4v) is 6.72. The minimum Gasteiger partial charge on any atom is -0.491 e. The molecule has 2 saturated heterocycles. The van der Waals surface area contributed by atoms with E-state index in [0.717, 1.165) is 38.8 Å². The molecule has 2 fully saturated rings. The second-order valence-corrected chi connectivity index (χ2v) is 13.0. The largest absolute Gasteiger partial charge is 0.491 e. The van der Waals surface area contributed by atoms with Crippen LogP contribution in [0.4, 0.5) is 0 Å². The minimum absolute atomic E-state index is 0.155. The average molecular weight is 561 g/mol. The van der Waals surface area contributed by atoms with Gasteiger partial charge in [0.05, 0.1) is 9.79 Å². The van der Waals surface area contributed by atoms with Crippen molar-refractivity contribution in [3.8, 4) is 11.5 Å². The molecule has 2 heterocycles. The first-order chi connectivity index (χ1) is 18.7. The van der Waals surface area contributed by atoms with E-state index in [-0.39, 0.29) is 23.0 Å². The normalized spacial score (nSPS) is 22.8. The van der Waals surface area contributed by atoms with Crippen LogP contribution in [0.1, 0.15) is 52.4 Å².